The average molecular weight is 267 g/mol. The number of hydrogen-bond acceptors (Lipinski definition) is 3. The van der Waals surface area contributed by atoms with E-state index in [9.17, 15) is 13.2 Å². The van der Waals surface area contributed by atoms with Gasteiger partial charge in [0, 0.05) is 11.3 Å². The van der Waals surface area contributed by atoms with Crippen molar-refractivity contribution in [2.75, 3.05) is 10.5 Å². The number of anilines is 1. The standard InChI is InChI=1S/C13H17NO3S/c1-10(15)12-4-6-13(7-5-12)14-18(16,17)9-8-11-2-3-11/h4-7,11,14H,2-3,8-9H2,1H3. The van der Waals surface area contributed by atoms with Crippen molar-refractivity contribution in [3.8, 4) is 0 Å². The van der Waals surface area contributed by atoms with Gasteiger partial charge in [-0.15, -0.1) is 0 Å². The molecule has 2 rings (SSSR count). The van der Waals surface area contributed by atoms with Gasteiger partial charge in [-0.3, -0.25) is 9.52 Å². The van der Waals surface area contributed by atoms with Gasteiger partial charge in [-0.05, 0) is 43.5 Å². The highest BCUT2D eigenvalue weighted by atomic mass is 32.2. The minimum absolute atomic E-state index is 0.0295. The van der Waals surface area contributed by atoms with E-state index in [2.05, 4.69) is 4.72 Å². The molecule has 18 heavy (non-hydrogen) atoms. The molecule has 0 amide bonds. The van der Waals surface area contributed by atoms with Crippen LogP contribution in [0.25, 0.3) is 0 Å². The summed E-state index contributed by atoms with van der Waals surface area (Å²) < 4.78 is 26.1. The molecule has 0 heterocycles. The van der Waals surface area contributed by atoms with Crippen LogP contribution in [0.1, 0.15) is 36.5 Å². The van der Waals surface area contributed by atoms with Crippen molar-refractivity contribution in [3.63, 3.8) is 0 Å². The number of benzene rings is 1. The Labute approximate surface area is 107 Å². The molecule has 4 nitrogen and oxygen atoms in total. The third-order valence-corrected chi connectivity index (χ3v) is 4.38. The summed E-state index contributed by atoms with van der Waals surface area (Å²) in [6.45, 7) is 1.48. The molecule has 0 saturated heterocycles. The SMILES string of the molecule is CC(=O)c1ccc(NS(=O)(=O)CCC2CC2)cc1. The molecule has 0 aromatic heterocycles. The molecule has 1 fully saturated rings. The molecule has 5 heteroatoms. The lowest BCUT2D eigenvalue weighted by atomic mass is 10.1. The molecule has 0 radical (unpaired) electrons. The van der Waals surface area contributed by atoms with Gasteiger partial charge in [-0.25, -0.2) is 8.42 Å². The fourth-order valence-electron chi connectivity index (χ4n) is 1.73. The first-order valence-corrected chi connectivity index (χ1v) is 7.73. The van der Waals surface area contributed by atoms with E-state index in [0.29, 0.717) is 17.2 Å². The topological polar surface area (TPSA) is 63.2 Å². The number of sulfonamides is 1. The third-order valence-electron chi connectivity index (χ3n) is 3.06. The maximum atomic E-state index is 11.8. The first kappa shape index (κ1) is 13.1. The summed E-state index contributed by atoms with van der Waals surface area (Å²) in [5.41, 5.74) is 1.09. The first-order valence-electron chi connectivity index (χ1n) is 6.08. The number of carbonyl (C=O) groups excluding carboxylic acids is 1. The van der Waals surface area contributed by atoms with Crippen molar-refractivity contribution in [1.82, 2.24) is 0 Å². The predicted octanol–water partition coefficient (Wildman–Crippen LogP) is 2.43. The Morgan fingerprint density at radius 1 is 1.28 bits per heavy atom. The summed E-state index contributed by atoms with van der Waals surface area (Å²) in [5, 5.41) is 0. The number of rotatable bonds is 6. The number of Topliss-reactive ketones (excluding diaryl/α,β-unsaturated/α-hetero) is 1. The lowest BCUT2D eigenvalue weighted by Crippen LogP contribution is -2.17. The molecule has 1 aromatic rings. The third kappa shape index (κ3) is 3.84. The van der Waals surface area contributed by atoms with Crippen LogP contribution in [-0.4, -0.2) is 20.0 Å². The molecule has 1 aromatic carbocycles. The van der Waals surface area contributed by atoms with Gasteiger partial charge in [0.25, 0.3) is 0 Å². The summed E-state index contributed by atoms with van der Waals surface area (Å²) in [6.07, 6.45) is 3.05. The lowest BCUT2D eigenvalue weighted by Gasteiger charge is -2.07. The number of carbonyl (C=O) groups is 1. The van der Waals surface area contributed by atoms with Crippen LogP contribution in [0.2, 0.25) is 0 Å². The second-order valence-electron chi connectivity index (χ2n) is 4.79. The van der Waals surface area contributed by atoms with Gasteiger partial charge in [0.1, 0.15) is 0 Å². The zero-order chi connectivity index (χ0) is 13.2. The Bertz CT molecular complexity index is 530. The summed E-state index contributed by atoms with van der Waals surface area (Å²) in [7, 11) is -3.26. The summed E-state index contributed by atoms with van der Waals surface area (Å²) in [5.74, 6) is 0.742. The largest absolute Gasteiger partial charge is 0.295 e. The lowest BCUT2D eigenvalue weighted by molar-refractivity contribution is 0.101. The first-order chi connectivity index (χ1) is 8.46. The molecule has 1 N–H and O–H groups in total. The number of ketones is 1. The van der Waals surface area contributed by atoms with Crippen LogP contribution in [-0.2, 0) is 10.0 Å². The molecule has 0 unspecified atom stereocenters. The number of hydrogen-bond donors (Lipinski definition) is 1. The Morgan fingerprint density at radius 2 is 1.89 bits per heavy atom. The molecule has 0 spiro atoms. The molecular formula is C13H17NO3S. The second-order valence-corrected chi connectivity index (χ2v) is 6.63. The van der Waals surface area contributed by atoms with Crippen molar-refractivity contribution in [2.24, 2.45) is 5.92 Å². The van der Waals surface area contributed by atoms with E-state index in [-0.39, 0.29) is 11.5 Å². The normalized spacial score (nSPS) is 15.4. The fourth-order valence-corrected chi connectivity index (χ4v) is 2.97. The zero-order valence-corrected chi connectivity index (χ0v) is 11.2. The molecule has 98 valence electrons. The van der Waals surface area contributed by atoms with E-state index < -0.39 is 10.0 Å². The van der Waals surface area contributed by atoms with Gasteiger partial charge >= 0.3 is 0 Å². The van der Waals surface area contributed by atoms with E-state index in [0.717, 1.165) is 19.3 Å². The molecular weight excluding hydrogens is 250 g/mol. The zero-order valence-electron chi connectivity index (χ0n) is 10.3. The Morgan fingerprint density at radius 3 is 2.39 bits per heavy atom. The maximum absolute atomic E-state index is 11.8. The summed E-state index contributed by atoms with van der Waals surface area (Å²) >= 11 is 0. The monoisotopic (exact) mass is 267 g/mol. The van der Waals surface area contributed by atoms with Crippen molar-refractivity contribution >= 4 is 21.5 Å². The van der Waals surface area contributed by atoms with Gasteiger partial charge < -0.3 is 0 Å². The molecule has 0 atom stereocenters. The van der Waals surface area contributed by atoms with Crippen LogP contribution in [0.15, 0.2) is 24.3 Å². The minimum atomic E-state index is -3.26. The fraction of sp³-hybridized carbons (Fsp3) is 0.462. The van der Waals surface area contributed by atoms with Crippen LogP contribution in [0.3, 0.4) is 0 Å². The van der Waals surface area contributed by atoms with Gasteiger partial charge in [-0.2, -0.15) is 0 Å². The van der Waals surface area contributed by atoms with Crippen molar-refractivity contribution in [3.05, 3.63) is 29.8 Å². The van der Waals surface area contributed by atoms with Gasteiger partial charge in [0.2, 0.25) is 10.0 Å². The molecule has 1 aliphatic rings. The van der Waals surface area contributed by atoms with Crippen molar-refractivity contribution in [1.29, 1.82) is 0 Å². The van der Waals surface area contributed by atoms with Gasteiger partial charge in [0.15, 0.2) is 5.78 Å². The van der Waals surface area contributed by atoms with Crippen LogP contribution in [0.5, 0.6) is 0 Å². The van der Waals surface area contributed by atoms with Crippen molar-refractivity contribution in [2.45, 2.75) is 26.2 Å². The predicted molar refractivity (Wildman–Crippen MR) is 71.2 cm³/mol. The quantitative estimate of drug-likeness (QED) is 0.805. The van der Waals surface area contributed by atoms with E-state index in [1.807, 2.05) is 0 Å². The minimum Gasteiger partial charge on any atom is -0.295 e. The van der Waals surface area contributed by atoms with E-state index in [4.69, 9.17) is 0 Å². The molecule has 1 saturated carbocycles. The molecule has 0 aliphatic heterocycles. The van der Waals surface area contributed by atoms with Gasteiger partial charge in [0.05, 0.1) is 5.75 Å². The highest BCUT2D eigenvalue weighted by Crippen LogP contribution is 2.32. The van der Waals surface area contributed by atoms with E-state index in [1.165, 1.54) is 6.92 Å². The average Bonchev–Trinajstić information content (AvgIpc) is 3.10. The smallest absolute Gasteiger partial charge is 0.232 e. The highest BCUT2D eigenvalue weighted by Gasteiger charge is 2.23. The Kier molecular flexibility index (Phi) is 3.71. The number of nitrogens with one attached hydrogen (secondary N) is 1. The molecule has 0 bridgehead atoms. The Hall–Kier alpha value is -1.36. The van der Waals surface area contributed by atoms with Crippen LogP contribution in [0, 0.1) is 5.92 Å². The highest BCUT2D eigenvalue weighted by molar-refractivity contribution is 7.92. The second kappa shape index (κ2) is 5.10. The van der Waals surface area contributed by atoms with Crippen LogP contribution in [0.4, 0.5) is 5.69 Å². The Balaban J connectivity index is 1.96. The van der Waals surface area contributed by atoms with Crippen LogP contribution < -0.4 is 4.72 Å². The summed E-state index contributed by atoms with van der Waals surface area (Å²) in [6, 6.07) is 6.49. The van der Waals surface area contributed by atoms with E-state index in [1.54, 1.807) is 24.3 Å². The van der Waals surface area contributed by atoms with Gasteiger partial charge in [-0.1, -0.05) is 12.8 Å². The van der Waals surface area contributed by atoms with Crippen molar-refractivity contribution < 1.29 is 13.2 Å². The van der Waals surface area contributed by atoms with E-state index >= 15 is 0 Å². The van der Waals surface area contributed by atoms with Crippen LogP contribution >= 0.6 is 0 Å². The summed E-state index contributed by atoms with van der Waals surface area (Å²) in [4.78, 5) is 11.1. The maximum Gasteiger partial charge on any atom is 0.232 e. The molecule has 1 aliphatic carbocycles.